The van der Waals surface area contributed by atoms with Crippen molar-refractivity contribution < 1.29 is 4.42 Å². The lowest BCUT2D eigenvalue weighted by molar-refractivity contribution is 0.669. The van der Waals surface area contributed by atoms with Gasteiger partial charge < -0.3 is 4.42 Å². The summed E-state index contributed by atoms with van der Waals surface area (Å²) < 4.78 is 6.55. The monoisotopic (exact) mass is 751 g/mol. The third kappa shape index (κ3) is 5.57. The molecule has 0 aliphatic carbocycles. The highest BCUT2D eigenvalue weighted by atomic mass is 16.3. The minimum absolute atomic E-state index is 0.585. The van der Waals surface area contributed by atoms with Gasteiger partial charge in [-0.1, -0.05) is 164 Å². The van der Waals surface area contributed by atoms with E-state index in [1.54, 1.807) is 0 Å². The summed E-state index contributed by atoms with van der Waals surface area (Å²) in [6, 6.07) is 70.5. The maximum absolute atomic E-state index is 6.55. The van der Waals surface area contributed by atoms with Crippen LogP contribution in [0.5, 0.6) is 0 Å². The number of rotatable bonds is 5. The summed E-state index contributed by atoms with van der Waals surface area (Å²) in [5.74, 6) is 1.80. The average molecular weight is 752 g/mol. The van der Waals surface area contributed by atoms with Gasteiger partial charge in [-0.05, 0) is 102 Å². The lowest BCUT2D eigenvalue weighted by Gasteiger charge is -2.13. The normalized spacial score (nSPS) is 11.7. The van der Waals surface area contributed by atoms with Crippen LogP contribution >= 0.6 is 0 Å². The van der Waals surface area contributed by atoms with Crippen molar-refractivity contribution in [3.8, 4) is 56.4 Å². The Kier molecular flexibility index (Phi) is 7.50. The van der Waals surface area contributed by atoms with Gasteiger partial charge in [-0.25, -0.2) is 15.0 Å². The average Bonchev–Trinajstić information content (AvgIpc) is 3.70. The Balaban J connectivity index is 1.11. The summed E-state index contributed by atoms with van der Waals surface area (Å²) in [5, 5.41) is 11.5. The summed E-state index contributed by atoms with van der Waals surface area (Å²) in [6.07, 6.45) is 0. The molecular weight excluding hydrogens is 719 g/mol. The van der Waals surface area contributed by atoms with Crippen molar-refractivity contribution in [1.82, 2.24) is 15.0 Å². The summed E-state index contributed by atoms with van der Waals surface area (Å²) in [6.45, 7) is 0. The molecule has 0 spiro atoms. The standard InChI is InChI=1S/C55H33N3O/c1-3-13-34(14-4-1)36-23-24-38-30-39(26-25-37(38)29-36)53-56-54(40-27-28-46-44-19-8-7-17-42(44)43-18-9-10-20-45(43)48(46)31-40)58-55(57-53)49-32-41(35-15-5-2-6-16-35)33-51-52(49)47-21-11-12-22-50(47)59-51/h1-33H. The highest BCUT2D eigenvalue weighted by Crippen LogP contribution is 2.41. The van der Waals surface area contributed by atoms with E-state index in [-0.39, 0.29) is 0 Å². The van der Waals surface area contributed by atoms with Crippen LogP contribution in [0.15, 0.2) is 205 Å². The summed E-state index contributed by atoms with van der Waals surface area (Å²) in [5.41, 5.74) is 8.82. The van der Waals surface area contributed by atoms with Gasteiger partial charge >= 0.3 is 0 Å². The van der Waals surface area contributed by atoms with E-state index in [9.17, 15) is 0 Å². The molecule has 10 aromatic carbocycles. The van der Waals surface area contributed by atoms with Gasteiger partial charge in [-0.3, -0.25) is 0 Å². The highest BCUT2D eigenvalue weighted by Gasteiger charge is 2.20. The fourth-order valence-electron chi connectivity index (χ4n) is 8.82. The van der Waals surface area contributed by atoms with Gasteiger partial charge in [0.25, 0.3) is 0 Å². The van der Waals surface area contributed by atoms with E-state index in [1.807, 2.05) is 24.3 Å². The van der Waals surface area contributed by atoms with Crippen LogP contribution in [0.3, 0.4) is 0 Å². The van der Waals surface area contributed by atoms with Gasteiger partial charge in [0.1, 0.15) is 11.2 Å². The number of hydrogen-bond donors (Lipinski definition) is 0. The molecule has 0 atom stereocenters. The van der Waals surface area contributed by atoms with E-state index < -0.39 is 0 Å². The van der Waals surface area contributed by atoms with E-state index in [0.29, 0.717) is 17.5 Å². The largest absolute Gasteiger partial charge is 0.456 e. The Bertz CT molecular complexity index is 3580. The Morgan fingerprint density at radius 2 is 0.746 bits per heavy atom. The second-order valence-corrected chi connectivity index (χ2v) is 15.2. The summed E-state index contributed by atoms with van der Waals surface area (Å²) >= 11 is 0. The predicted molar refractivity (Wildman–Crippen MR) is 244 cm³/mol. The van der Waals surface area contributed by atoms with Crippen molar-refractivity contribution in [3.05, 3.63) is 200 Å². The van der Waals surface area contributed by atoms with Gasteiger partial charge in [0.2, 0.25) is 0 Å². The smallest absolute Gasteiger partial charge is 0.164 e. The topological polar surface area (TPSA) is 51.8 Å². The van der Waals surface area contributed by atoms with Gasteiger partial charge in [-0.2, -0.15) is 0 Å². The molecule has 4 nitrogen and oxygen atoms in total. The third-order valence-corrected chi connectivity index (χ3v) is 11.7. The van der Waals surface area contributed by atoms with E-state index in [4.69, 9.17) is 19.4 Å². The van der Waals surface area contributed by atoms with Gasteiger partial charge in [-0.15, -0.1) is 0 Å². The second kappa shape index (κ2) is 13.3. The van der Waals surface area contributed by atoms with Crippen molar-refractivity contribution >= 4 is 65.0 Å². The molecule has 12 aromatic rings. The lowest BCUT2D eigenvalue weighted by Crippen LogP contribution is -2.01. The molecule has 2 aromatic heterocycles. The molecule has 274 valence electrons. The molecule has 0 aliphatic rings. The van der Waals surface area contributed by atoms with Gasteiger partial charge in [0, 0.05) is 27.5 Å². The fraction of sp³-hybridized carbons (Fsp3) is 0. The Morgan fingerprint density at radius 3 is 1.41 bits per heavy atom. The summed E-state index contributed by atoms with van der Waals surface area (Å²) in [4.78, 5) is 16.0. The van der Waals surface area contributed by atoms with E-state index in [2.05, 4.69) is 176 Å². The number of fused-ring (bicyclic) bond motifs is 10. The van der Waals surface area contributed by atoms with Crippen molar-refractivity contribution in [1.29, 1.82) is 0 Å². The Hall–Kier alpha value is -7.95. The van der Waals surface area contributed by atoms with Crippen LogP contribution in [0.25, 0.3) is 121 Å². The molecule has 2 heterocycles. The number of nitrogens with zero attached hydrogens (tertiary/aromatic N) is 3. The Labute approximate surface area is 339 Å². The Morgan fingerprint density at radius 1 is 0.271 bits per heavy atom. The minimum atomic E-state index is 0.585. The van der Waals surface area contributed by atoms with E-state index in [0.717, 1.165) is 65.9 Å². The van der Waals surface area contributed by atoms with Gasteiger partial charge in [0.15, 0.2) is 17.5 Å². The van der Waals surface area contributed by atoms with Crippen LogP contribution in [0.1, 0.15) is 0 Å². The van der Waals surface area contributed by atoms with Crippen molar-refractivity contribution in [2.75, 3.05) is 0 Å². The summed E-state index contributed by atoms with van der Waals surface area (Å²) in [7, 11) is 0. The molecule has 0 aliphatic heterocycles. The molecule has 0 bridgehead atoms. The maximum Gasteiger partial charge on any atom is 0.164 e. The zero-order valence-electron chi connectivity index (χ0n) is 31.8. The zero-order valence-corrected chi connectivity index (χ0v) is 31.8. The molecule has 0 saturated heterocycles. The number of para-hydroxylation sites is 1. The van der Waals surface area contributed by atoms with Crippen LogP contribution in [0.4, 0.5) is 0 Å². The minimum Gasteiger partial charge on any atom is -0.456 e. The first-order valence-corrected chi connectivity index (χ1v) is 19.9. The molecule has 0 saturated carbocycles. The molecule has 0 N–H and O–H groups in total. The van der Waals surface area contributed by atoms with Crippen LogP contribution in [-0.4, -0.2) is 15.0 Å². The SMILES string of the molecule is c1ccc(-c2ccc3cc(-c4nc(-c5ccc6c7ccccc7c7ccccc7c6c5)nc(-c5cc(-c6ccccc6)cc6oc7ccccc7c56)n4)ccc3c2)cc1. The third-order valence-electron chi connectivity index (χ3n) is 11.7. The fourth-order valence-corrected chi connectivity index (χ4v) is 8.82. The molecule has 0 fully saturated rings. The number of aromatic nitrogens is 3. The molecule has 59 heavy (non-hydrogen) atoms. The molecule has 0 amide bonds. The molecule has 12 rings (SSSR count). The van der Waals surface area contributed by atoms with Crippen LogP contribution < -0.4 is 0 Å². The van der Waals surface area contributed by atoms with Crippen molar-refractivity contribution in [2.24, 2.45) is 0 Å². The quantitative estimate of drug-likeness (QED) is 0.164. The highest BCUT2D eigenvalue weighted by molar-refractivity contribution is 6.25. The number of benzene rings is 10. The molecular formula is C55H33N3O. The molecule has 4 heteroatoms. The van der Waals surface area contributed by atoms with Gasteiger partial charge in [0.05, 0.1) is 0 Å². The van der Waals surface area contributed by atoms with Crippen LogP contribution in [-0.2, 0) is 0 Å². The molecule has 0 unspecified atom stereocenters. The lowest BCUT2D eigenvalue weighted by atomic mass is 9.93. The second-order valence-electron chi connectivity index (χ2n) is 15.2. The van der Waals surface area contributed by atoms with Crippen LogP contribution in [0, 0.1) is 0 Å². The maximum atomic E-state index is 6.55. The van der Waals surface area contributed by atoms with Crippen LogP contribution in [0.2, 0.25) is 0 Å². The first kappa shape index (κ1) is 33.2. The predicted octanol–water partition coefficient (Wildman–Crippen LogP) is 14.7. The zero-order chi connectivity index (χ0) is 38.9. The number of hydrogen-bond acceptors (Lipinski definition) is 4. The van der Waals surface area contributed by atoms with E-state index in [1.165, 1.54) is 38.1 Å². The first-order chi connectivity index (χ1) is 29.2. The molecule has 0 radical (unpaired) electrons. The van der Waals surface area contributed by atoms with E-state index >= 15 is 0 Å². The van der Waals surface area contributed by atoms with Crippen molar-refractivity contribution in [2.45, 2.75) is 0 Å². The van der Waals surface area contributed by atoms with Crippen molar-refractivity contribution in [3.63, 3.8) is 0 Å². The first-order valence-electron chi connectivity index (χ1n) is 19.9. The number of furan rings is 1.